The van der Waals surface area contributed by atoms with Crippen LogP contribution in [0.2, 0.25) is 0 Å². The van der Waals surface area contributed by atoms with Gasteiger partial charge in [-0.25, -0.2) is 0 Å². The molecule has 0 bridgehead atoms. The van der Waals surface area contributed by atoms with Crippen molar-refractivity contribution in [1.82, 2.24) is 4.90 Å². The van der Waals surface area contributed by atoms with Gasteiger partial charge in [-0.1, -0.05) is 19.8 Å². The first-order chi connectivity index (χ1) is 7.59. The Labute approximate surface area is 98.8 Å². The molecule has 1 N–H and O–H groups in total. The third-order valence-electron chi connectivity index (χ3n) is 3.68. The van der Waals surface area contributed by atoms with Crippen molar-refractivity contribution >= 4 is 5.97 Å². The molecule has 0 spiro atoms. The Bertz CT molecular complexity index is 218. The fourth-order valence-corrected chi connectivity index (χ4v) is 2.62. The van der Waals surface area contributed by atoms with Gasteiger partial charge >= 0.3 is 5.97 Å². The third kappa shape index (κ3) is 4.97. The van der Waals surface area contributed by atoms with E-state index in [2.05, 4.69) is 18.9 Å². The van der Waals surface area contributed by atoms with Crippen LogP contribution in [0.1, 0.15) is 51.9 Å². The van der Waals surface area contributed by atoms with Crippen molar-refractivity contribution in [3.8, 4) is 0 Å². The van der Waals surface area contributed by atoms with Crippen LogP contribution in [-0.4, -0.2) is 35.6 Å². The Morgan fingerprint density at radius 2 is 2.12 bits per heavy atom. The maximum atomic E-state index is 10.4. The molecule has 0 aromatic rings. The van der Waals surface area contributed by atoms with Gasteiger partial charge in [0.2, 0.25) is 0 Å². The summed E-state index contributed by atoms with van der Waals surface area (Å²) >= 11 is 0. The SMILES string of the molecule is CC1CCCC(N(C)CCCCC(=O)O)C1. The molecule has 0 aromatic heterocycles. The standard InChI is InChI=1S/C13H25NO2/c1-11-6-5-7-12(10-11)14(2)9-4-3-8-13(15)16/h11-12H,3-10H2,1-2H3,(H,15,16). The first kappa shape index (κ1) is 13.5. The van der Waals surface area contributed by atoms with E-state index < -0.39 is 5.97 Å². The first-order valence-electron chi connectivity index (χ1n) is 6.51. The number of nitrogens with zero attached hydrogens (tertiary/aromatic N) is 1. The number of carboxylic acids is 1. The van der Waals surface area contributed by atoms with Crippen molar-refractivity contribution in [1.29, 1.82) is 0 Å². The maximum Gasteiger partial charge on any atom is 0.303 e. The summed E-state index contributed by atoms with van der Waals surface area (Å²) in [6.07, 6.45) is 7.49. The van der Waals surface area contributed by atoms with Gasteiger partial charge in [0, 0.05) is 12.5 Å². The summed E-state index contributed by atoms with van der Waals surface area (Å²) in [6.45, 7) is 3.38. The van der Waals surface area contributed by atoms with Crippen molar-refractivity contribution < 1.29 is 9.90 Å². The Morgan fingerprint density at radius 1 is 1.38 bits per heavy atom. The second-order valence-electron chi connectivity index (χ2n) is 5.26. The van der Waals surface area contributed by atoms with Crippen LogP contribution in [0.3, 0.4) is 0 Å². The normalized spacial score (nSPS) is 25.9. The van der Waals surface area contributed by atoms with E-state index in [1.54, 1.807) is 0 Å². The van der Waals surface area contributed by atoms with Crippen molar-refractivity contribution in [3.05, 3.63) is 0 Å². The summed E-state index contributed by atoms with van der Waals surface area (Å²) in [5.41, 5.74) is 0. The number of aliphatic carboxylic acids is 1. The Hall–Kier alpha value is -0.570. The topological polar surface area (TPSA) is 40.5 Å². The van der Waals surface area contributed by atoms with Gasteiger partial charge in [-0.05, 0) is 45.2 Å². The summed E-state index contributed by atoms with van der Waals surface area (Å²) in [5, 5.41) is 8.55. The Kier molecular flexibility index (Phi) is 5.81. The van der Waals surface area contributed by atoms with Crippen LogP contribution < -0.4 is 0 Å². The average Bonchev–Trinajstić information content (AvgIpc) is 2.24. The van der Waals surface area contributed by atoms with E-state index in [4.69, 9.17) is 5.11 Å². The molecule has 0 amide bonds. The van der Waals surface area contributed by atoms with Crippen molar-refractivity contribution in [3.63, 3.8) is 0 Å². The number of carboxylic acid groups (broad SMARTS) is 1. The summed E-state index contributed by atoms with van der Waals surface area (Å²) in [4.78, 5) is 12.8. The fraction of sp³-hybridized carbons (Fsp3) is 0.923. The molecule has 0 heterocycles. The van der Waals surface area contributed by atoms with Crippen LogP contribution in [0.15, 0.2) is 0 Å². The van der Waals surface area contributed by atoms with Crippen LogP contribution in [0.25, 0.3) is 0 Å². The van der Waals surface area contributed by atoms with Crippen LogP contribution in [0.4, 0.5) is 0 Å². The zero-order valence-electron chi connectivity index (χ0n) is 10.6. The fourth-order valence-electron chi connectivity index (χ4n) is 2.62. The minimum absolute atomic E-state index is 0.314. The smallest absolute Gasteiger partial charge is 0.303 e. The van der Waals surface area contributed by atoms with E-state index in [0.29, 0.717) is 6.42 Å². The van der Waals surface area contributed by atoms with Gasteiger partial charge < -0.3 is 10.0 Å². The van der Waals surface area contributed by atoms with E-state index >= 15 is 0 Å². The van der Waals surface area contributed by atoms with E-state index in [-0.39, 0.29) is 0 Å². The number of carbonyl (C=O) groups is 1. The van der Waals surface area contributed by atoms with Gasteiger partial charge in [0.05, 0.1) is 0 Å². The average molecular weight is 227 g/mol. The lowest BCUT2D eigenvalue weighted by atomic mass is 9.86. The van der Waals surface area contributed by atoms with Crippen LogP contribution in [-0.2, 0) is 4.79 Å². The lowest BCUT2D eigenvalue weighted by molar-refractivity contribution is -0.137. The lowest BCUT2D eigenvalue weighted by Gasteiger charge is -2.34. The monoisotopic (exact) mass is 227 g/mol. The minimum Gasteiger partial charge on any atom is -0.481 e. The van der Waals surface area contributed by atoms with Crippen molar-refractivity contribution in [2.45, 2.75) is 57.9 Å². The molecular weight excluding hydrogens is 202 g/mol. The summed E-state index contributed by atoms with van der Waals surface area (Å²) in [5.74, 6) is 0.189. The van der Waals surface area contributed by atoms with Crippen LogP contribution in [0.5, 0.6) is 0 Å². The summed E-state index contributed by atoms with van der Waals surface area (Å²) in [6, 6.07) is 0.730. The predicted molar refractivity (Wildman–Crippen MR) is 65.5 cm³/mol. The molecule has 1 aliphatic rings. The molecule has 1 rings (SSSR count). The van der Waals surface area contributed by atoms with Crippen molar-refractivity contribution in [2.24, 2.45) is 5.92 Å². The number of hydrogen-bond acceptors (Lipinski definition) is 2. The molecule has 2 unspecified atom stereocenters. The van der Waals surface area contributed by atoms with Gasteiger partial charge in [-0.2, -0.15) is 0 Å². The molecule has 0 saturated heterocycles. The van der Waals surface area contributed by atoms with E-state index in [1.807, 2.05) is 0 Å². The highest BCUT2D eigenvalue weighted by atomic mass is 16.4. The molecule has 0 radical (unpaired) electrons. The van der Waals surface area contributed by atoms with Crippen molar-refractivity contribution in [2.75, 3.05) is 13.6 Å². The molecule has 94 valence electrons. The quantitative estimate of drug-likeness (QED) is 0.709. The Morgan fingerprint density at radius 3 is 2.75 bits per heavy atom. The van der Waals surface area contributed by atoms with E-state index in [9.17, 15) is 4.79 Å². The first-order valence-corrected chi connectivity index (χ1v) is 6.51. The molecule has 3 nitrogen and oxygen atoms in total. The molecule has 1 fully saturated rings. The number of unbranched alkanes of at least 4 members (excludes halogenated alkanes) is 1. The summed E-state index contributed by atoms with van der Waals surface area (Å²) in [7, 11) is 2.18. The van der Waals surface area contributed by atoms with Gasteiger partial charge in [-0.15, -0.1) is 0 Å². The number of hydrogen-bond donors (Lipinski definition) is 1. The molecule has 1 saturated carbocycles. The molecule has 16 heavy (non-hydrogen) atoms. The molecule has 0 aromatic carbocycles. The van der Waals surface area contributed by atoms with Gasteiger partial charge in [0.15, 0.2) is 0 Å². The highest BCUT2D eigenvalue weighted by molar-refractivity contribution is 5.66. The number of rotatable bonds is 6. The third-order valence-corrected chi connectivity index (χ3v) is 3.68. The highest BCUT2D eigenvalue weighted by Crippen LogP contribution is 2.26. The lowest BCUT2D eigenvalue weighted by Crippen LogP contribution is -2.36. The maximum absolute atomic E-state index is 10.4. The molecule has 3 heteroatoms. The van der Waals surface area contributed by atoms with Crippen LogP contribution in [0, 0.1) is 5.92 Å². The minimum atomic E-state index is -0.672. The van der Waals surface area contributed by atoms with Gasteiger partial charge in [0.25, 0.3) is 0 Å². The highest BCUT2D eigenvalue weighted by Gasteiger charge is 2.21. The van der Waals surface area contributed by atoms with Gasteiger partial charge in [-0.3, -0.25) is 4.79 Å². The summed E-state index contributed by atoms with van der Waals surface area (Å²) < 4.78 is 0. The second kappa shape index (κ2) is 6.89. The molecular formula is C13H25NO2. The zero-order chi connectivity index (χ0) is 12.0. The Balaban J connectivity index is 2.13. The molecule has 0 aliphatic heterocycles. The largest absolute Gasteiger partial charge is 0.481 e. The van der Waals surface area contributed by atoms with E-state index in [1.165, 1.54) is 25.7 Å². The van der Waals surface area contributed by atoms with Gasteiger partial charge in [0.1, 0.15) is 0 Å². The zero-order valence-corrected chi connectivity index (χ0v) is 10.6. The van der Waals surface area contributed by atoms with Crippen LogP contribution >= 0.6 is 0 Å². The second-order valence-corrected chi connectivity index (χ2v) is 5.26. The predicted octanol–water partition coefficient (Wildman–Crippen LogP) is 2.75. The molecule has 2 atom stereocenters. The van der Waals surface area contributed by atoms with E-state index in [0.717, 1.165) is 31.3 Å². The molecule has 1 aliphatic carbocycles.